The van der Waals surface area contributed by atoms with E-state index >= 15 is 0 Å². The summed E-state index contributed by atoms with van der Waals surface area (Å²) in [5, 5.41) is 5.64. The van der Waals surface area contributed by atoms with Crippen molar-refractivity contribution in [2.45, 2.75) is 6.92 Å². The van der Waals surface area contributed by atoms with Crippen LogP contribution in [0.4, 0.5) is 5.69 Å². The van der Waals surface area contributed by atoms with E-state index in [4.69, 9.17) is 5.73 Å². The third kappa shape index (κ3) is 4.68. The molecule has 4 aromatic rings. The lowest BCUT2D eigenvalue weighted by atomic mass is 10.1. The molecule has 9 nitrogen and oxygen atoms in total. The maximum atomic E-state index is 13.0. The summed E-state index contributed by atoms with van der Waals surface area (Å²) in [7, 11) is 0. The predicted octanol–water partition coefficient (Wildman–Crippen LogP) is 2.16. The molecule has 0 bridgehead atoms. The Bertz CT molecular complexity index is 1480. The second-order valence-corrected chi connectivity index (χ2v) is 7.55. The summed E-state index contributed by atoms with van der Waals surface area (Å²) in [6, 6.07) is 20.0. The molecule has 34 heavy (non-hydrogen) atoms. The number of carbonyl (C=O) groups excluding carboxylic acids is 3. The van der Waals surface area contributed by atoms with Crippen LogP contribution in [0.1, 0.15) is 26.5 Å². The Kier molecular flexibility index (Phi) is 6.18. The second-order valence-electron chi connectivity index (χ2n) is 7.55. The summed E-state index contributed by atoms with van der Waals surface area (Å²) in [4.78, 5) is 53.1. The molecule has 1 heterocycles. The molecule has 4 N–H and O–H groups in total. The van der Waals surface area contributed by atoms with E-state index in [1.54, 1.807) is 67.6 Å². The molecule has 3 aromatic carbocycles. The molecule has 0 spiro atoms. The second kappa shape index (κ2) is 9.37. The van der Waals surface area contributed by atoms with E-state index in [2.05, 4.69) is 15.6 Å². The number of primary amides is 1. The molecule has 0 aliphatic heterocycles. The lowest BCUT2D eigenvalue weighted by Gasteiger charge is -2.12. The Morgan fingerprint density at radius 1 is 0.912 bits per heavy atom. The van der Waals surface area contributed by atoms with Gasteiger partial charge in [-0.15, -0.1) is 0 Å². The molecule has 0 saturated heterocycles. The van der Waals surface area contributed by atoms with E-state index in [9.17, 15) is 19.2 Å². The molecule has 1 aromatic heterocycles. The number of fused-ring (bicyclic) bond motifs is 1. The van der Waals surface area contributed by atoms with Gasteiger partial charge in [0.25, 0.3) is 17.4 Å². The molecule has 0 unspecified atom stereocenters. The van der Waals surface area contributed by atoms with Gasteiger partial charge >= 0.3 is 0 Å². The van der Waals surface area contributed by atoms with E-state index in [0.717, 1.165) is 0 Å². The number of rotatable bonds is 6. The number of hydrogen-bond acceptors (Lipinski definition) is 5. The topological polar surface area (TPSA) is 136 Å². The normalized spacial score (nSPS) is 10.6. The van der Waals surface area contributed by atoms with Crippen molar-refractivity contribution in [1.82, 2.24) is 14.9 Å². The molecule has 170 valence electrons. The van der Waals surface area contributed by atoms with Crippen molar-refractivity contribution < 1.29 is 14.4 Å². The van der Waals surface area contributed by atoms with Crippen LogP contribution in [0.15, 0.2) is 77.6 Å². The number of nitrogens with two attached hydrogens (primary N) is 1. The molecule has 0 radical (unpaired) electrons. The van der Waals surface area contributed by atoms with E-state index in [0.29, 0.717) is 33.7 Å². The van der Waals surface area contributed by atoms with Crippen LogP contribution in [0.3, 0.4) is 0 Å². The Hall–Kier alpha value is -4.79. The first-order valence-corrected chi connectivity index (χ1v) is 10.4. The minimum Gasteiger partial charge on any atom is -0.368 e. The van der Waals surface area contributed by atoms with Crippen molar-refractivity contribution >= 4 is 34.3 Å². The minimum atomic E-state index is -0.654. The first-order chi connectivity index (χ1) is 16.3. The number of nitrogens with one attached hydrogen (secondary N) is 2. The molecule has 0 aliphatic carbocycles. The number of carbonyl (C=O) groups is 3. The number of para-hydroxylation sites is 1. The number of benzene rings is 3. The molecule has 9 heteroatoms. The smallest absolute Gasteiger partial charge is 0.265 e. The first-order valence-electron chi connectivity index (χ1n) is 10.4. The maximum absolute atomic E-state index is 13.0. The molecule has 4 rings (SSSR count). The van der Waals surface area contributed by atoms with E-state index < -0.39 is 11.8 Å². The molecular weight excluding hydrogens is 434 g/mol. The molecule has 0 fully saturated rings. The van der Waals surface area contributed by atoms with Gasteiger partial charge in [0, 0.05) is 16.8 Å². The number of amides is 3. The number of aromatic nitrogens is 2. The van der Waals surface area contributed by atoms with Crippen molar-refractivity contribution in [3.05, 3.63) is 100 Å². The van der Waals surface area contributed by atoms with Crippen LogP contribution < -0.4 is 21.9 Å². The third-order valence-electron chi connectivity index (χ3n) is 5.14. The van der Waals surface area contributed by atoms with Crippen LogP contribution in [0.25, 0.3) is 16.6 Å². The standard InChI is InChI=1S/C25H21N5O4/c1-15-28-21-8-3-2-7-20(21)25(34)30(15)19-11-9-16(10-12-19)24(33)29-18-6-4-5-17(13-18)23(32)27-14-22(26)31/h2-13H,14H2,1H3,(H2,26,31)(H,27,32)(H,29,33). The van der Waals surface area contributed by atoms with E-state index in [1.165, 1.54) is 10.6 Å². The van der Waals surface area contributed by atoms with Gasteiger partial charge in [-0.1, -0.05) is 18.2 Å². The number of anilines is 1. The van der Waals surface area contributed by atoms with Crippen LogP contribution >= 0.6 is 0 Å². The molecular formula is C25H21N5O4. The lowest BCUT2D eigenvalue weighted by molar-refractivity contribution is -0.117. The van der Waals surface area contributed by atoms with E-state index in [1.807, 2.05) is 6.07 Å². The van der Waals surface area contributed by atoms with Crippen LogP contribution in [0, 0.1) is 6.92 Å². The van der Waals surface area contributed by atoms with Gasteiger partial charge in [0.05, 0.1) is 23.1 Å². The molecule has 3 amide bonds. The van der Waals surface area contributed by atoms with Gasteiger partial charge in [-0.2, -0.15) is 0 Å². The average Bonchev–Trinajstić information content (AvgIpc) is 2.83. The third-order valence-corrected chi connectivity index (χ3v) is 5.14. The summed E-state index contributed by atoms with van der Waals surface area (Å²) in [5.74, 6) is -0.989. The molecule has 0 atom stereocenters. The average molecular weight is 455 g/mol. The van der Waals surface area contributed by atoms with Crippen molar-refractivity contribution in [3.63, 3.8) is 0 Å². The highest BCUT2D eigenvalue weighted by Crippen LogP contribution is 2.16. The monoisotopic (exact) mass is 455 g/mol. The van der Waals surface area contributed by atoms with Crippen LogP contribution in [0.2, 0.25) is 0 Å². The summed E-state index contributed by atoms with van der Waals surface area (Å²) in [6.45, 7) is 1.47. The highest BCUT2D eigenvalue weighted by Gasteiger charge is 2.12. The van der Waals surface area contributed by atoms with E-state index in [-0.39, 0.29) is 23.6 Å². The zero-order valence-corrected chi connectivity index (χ0v) is 18.2. The quantitative estimate of drug-likeness (QED) is 0.409. The maximum Gasteiger partial charge on any atom is 0.265 e. The summed E-state index contributed by atoms with van der Waals surface area (Å²) >= 11 is 0. The Balaban J connectivity index is 1.53. The summed E-state index contributed by atoms with van der Waals surface area (Å²) in [6.07, 6.45) is 0. The fourth-order valence-corrected chi connectivity index (χ4v) is 3.52. The number of nitrogens with zero attached hydrogens (tertiary/aromatic N) is 2. The largest absolute Gasteiger partial charge is 0.368 e. The van der Waals surface area contributed by atoms with Gasteiger partial charge in [-0.3, -0.25) is 23.7 Å². The van der Waals surface area contributed by atoms with Crippen LogP contribution in [0.5, 0.6) is 0 Å². The highest BCUT2D eigenvalue weighted by molar-refractivity contribution is 6.05. The lowest BCUT2D eigenvalue weighted by Crippen LogP contribution is -2.33. The first kappa shape index (κ1) is 22.4. The van der Waals surface area contributed by atoms with Gasteiger partial charge in [-0.05, 0) is 61.5 Å². The van der Waals surface area contributed by atoms with Crippen LogP contribution in [-0.4, -0.2) is 33.8 Å². The van der Waals surface area contributed by atoms with Gasteiger partial charge in [-0.25, -0.2) is 4.98 Å². The van der Waals surface area contributed by atoms with Gasteiger partial charge < -0.3 is 16.4 Å². The highest BCUT2D eigenvalue weighted by atomic mass is 16.2. The van der Waals surface area contributed by atoms with Gasteiger partial charge in [0.1, 0.15) is 5.82 Å². The zero-order chi connectivity index (χ0) is 24.2. The SMILES string of the molecule is Cc1nc2ccccc2c(=O)n1-c1ccc(C(=O)Nc2cccc(C(=O)NCC(N)=O)c2)cc1. The fourth-order valence-electron chi connectivity index (χ4n) is 3.52. The van der Waals surface area contributed by atoms with Crippen molar-refractivity contribution in [2.75, 3.05) is 11.9 Å². The van der Waals surface area contributed by atoms with Crippen molar-refractivity contribution in [2.24, 2.45) is 5.73 Å². The summed E-state index contributed by atoms with van der Waals surface area (Å²) in [5.41, 5.74) is 7.11. The Labute approximate surface area is 194 Å². The zero-order valence-electron chi connectivity index (χ0n) is 18.2. The Morgan fingerprint density at radius 2 is 1.65 bits per heavy atom. The van der Waals surface area contributed by atoms with Gasteiger partial charge in [0.2, 0.25) is 5.91 Å². The number of hydrogen-bond donors (Lipinski definition) is 3. The van der Waals surface area contributed by atoms with Gasteiger partial charge in [0.15, 0.2) is 0 Å². The van der Waals surface area contributed by atoms with Crippen molar-refractivity contribution in [3.8, 4) is 5.69 Å². The van der Waals surface area contributed by atoms with Crippen LogP contribution in [-0.2, 0) is 4.79 Å². The fraction of sp³-hybridized carbons (Fsp3) is 0.0800. The Morgan fingerprint density at radius 3 is 2.38 bits per heavy atom. The summed E-state index contributed by atoms with van der Waals surface area (Å²) < 4.78 is 1.50. The van der Waals surface area contributed by atoms with Crippen molar-refractivity contribution in [1.29, 1.82) is 0 Å². The molecule has 0 aliphatic rings. The molecule has 0 saturated carbocycles. The number of aryl methyl sites for hydroxylation is 1. The minimum absolute atomic E-state index is 0.188. The predicted molar refractivity (Wildman–Crippen MR) is 128 cm³/mol.